The van der Waals surface area contributed by atoms with Crippen molar-refractivity contribution in [2.24, 2.45) is 0 Å². The van der Waals surface area contributed by atoms with Crippen molar-refractivity contribution < 1.29 is 19.0 Å². The highest BCUT2D eigenvalue weighted by atomic mass is 16.5. The fraction of sp³-hybridized carbons (Fsp3) is 0.370. The summed E-state index contributed by atoms with van der Waals surface area (Å²) < 4.78 is 15.9. The lowest BCUT2D eigenvalue weighted by atomic mass is 10.0. The first kappa shape index (κ1) is 25.0. The van der Waals surface area contributed by atoms with Crippen LogP contribution in [0, 0.1) is 6.92 Å². The summed E-state index contributed by atoms with van der Waals surface area (Å²) in [6, 6.07) is 15.5. The van der Waals surface area contributed by atoms with Gasteiger partial charge in [0.15, 0.2) is 5.75 Å². The molecule has 0 spiro atoms. The minimum atomic E-state index is -0.0700. The molecule has 0 fully saturated rings. The minimum Gasteiger partial charge on any atom is -0.497 e. The molecular formula is C27H33N3O4. The van der Waals surface area contributed by atoms with E-state index in [1.54, 1.807) is 33.6 Å². The van der Waals surface area contributed by atoms with Gasteiger partial charge >= 0.3 is 0 Å². The summed E-state index contributed by atoms with van der Waals surface area (Å²) in [4.78, 5) is 24.2. The molecule has 0 aliphatic carbocycles. The molecule has 0 aliphatic rings. The van der Waals surface area contributed by atoms with Gasteiger partial charge in [0.2, 0.25) is 0 Å². The van der Waals surface area contributed by atoms with E-state index in [1.807, 2.05) is 42.2 Å². The van der Waals surface area contributed by atoms with E-state index in [9.17, 15) is 4.79 Å². The van der Waals surface area contributed by atoms with Gasteiger partial charge in [-0.15, -0.1) is 0 Å². The van der Waals surface area contributed by atoms with E-state index in [2.05, 4.69) is 29.0 Å². The second kappa shape index (κ2) is 12.0. The highest BCUT2D eigenvalue weighted by molar-refractivity contribution is 5.92. The van der Waals surface area contributed by atoms with Crippen molar-refractivity contribution >= 4 is 5.91 Å². The highest BCUT2D eigenvalue weighted by Crippen LogP contribution is 2.25. The zero-order valence-electron chi connectivity index (χ0n) is 20.6. The van der Waals surface area contributed by atoms with Crippen molar-refractivity contribution in [2.75, 3.05) is 27.9 Å². The third-order valence-electron chi connectivity index (χ3n) is 5.84. The maximum Gasteiger partial charge on any atom is 0.272 e. The van der Waals surface area contributed by atoms with Gasteiger partial charge in [-0.3, -0.25) is 4.79 Å². The van der Waals surface area contributed by atoms with E-state index in [4.69, 9.17) is 14.2 Å². The third-order valence-corrected chi connectivity index (χ3v) is 5.84. The van der Waals surface area contributed by atoms with Gasteiger partial charge in [0.05, 0.1) is 21.3 Å². The Morgan fingerprint density at radius 3 is 2.38 bits per heavy atom. The van der Waals surface area contributed by atoms with Gasteiger partial charge in [-0.2, -0.15) is 0 Å². The molecule has 1 amide bonds. The molecule has 7 nitrogen and oxygen atoms in total. The lowest BCUT2D eigenvalue weighted by Crippen LogP contribution is -2.40. The molecule has 7 heteroatoms. The smallest absolute Gasteiger partial charge is 0.272 e. The van der Waals surface area contributed by atoms with Crippen LogP contribution < -0.4 is 14.2 Å². The Morgan fingerprint density at radius 1 is 0.971 bits per heavy atom. The van der Waals surface area contributed by atoms with E-state index >= 15 is 0 Å². The Morgan fingerprint density at radius 2 is 1.74 bits per heavy atom. The van der Waals surface area contributed by atoms with E-state index in [1.165, 1.54) is 5.56 Å². The lowest BCUT2D eigenvalue weighted by Gasteiger charge is -2.29. The molecule has 0 radical (unpaired) electrons. The number of hydrogen-bond acceptors (Lipinski definition) is 6. The average Bonchev–Trinajstić information content (AvgIpc) is 2.87. The fourth-order valence-corrected chi connectivity index (χ4v) is 3.81. The number of methoxy groups -OCH3 is 3. The first-order chi connectivity index (χ1) is 16.4. The number of benzene rings is 1. The van der Waals surface area contributed by atoms with Gasteiger partial charge < -0.3 is 19.1 Å². The molecule has 1 atom stereocenters. The number of carbonyl (C=O) groups is 1. The van der Waals surface area contributed by atoms with Crippen LogP contribution in [-0.4, -0.2) is 54.7 Å². The van der Waals surface area contributed by atoms with Gasteiger partial charge in [0, 0.05) is 24.5 Å². The second-order valence-electron chi connectivity index (χ2n) is 8.20. The van der Waals surface area contributed by atoms with Crippen LogP contribution in [0.4, 0.5) is 0 Å². The van der Waals surface area contributed by atoms with Crippen molar-refractivity contribution in [3.05, 3.63) is 77.2 Å². The Bertz CT molecular complexity index is 1090. The van der Waals surface area contributed by atoms with Gasteiger partial charge in [-0.25, -0.2) is 9.97 Å². The number of pyridine rings is 2. The van der Waals surface area contributed by atoms with Gasteiger partial charge in [0.25, 0.3) is 11.8 Å². The minimum absolute atomic E-state index is 0.0185. The largest absolute Gasteiger partial charge is 0.497 e. The number of nitrogens with zero attached hydrogens (tertiary/aromatic N) is 3. The SMILES string of the molecule is COc1ccc(CCC(C)N(CCc2cnc(OC)c(OC)c2)C(=O)c2cccc(C)n2)cc1. The quantitative estimate of drug-likeness (QED) is 0.416. The molecule has 0 bridgehead atoms. The topological polar surface area (TPSA) is 73.8 Å². The summed E-state index contributed by atoms with van der Waals surface area (Å²) in [6.07, 6.45) is 4.08. The molecule has 3 rings (SSSR count). The molecule has 3 aromatic rings. The molecule has 1 unspecified atom stereocenters. The number of carbonyl (C=O) groups excluding carboxylic acids is 1. The Hall–Kier alpha value is -3.61. The van der Waals surface area contributed by atoms with Crippen LogP contribution in [0.2, 0.25) is 0 Å². The average molecular weight is 464 g/mol. The number of hydrogen-bond donors (Lipinski definition) is 0. The highest BCUT2D eigenvalue weighted by Gasteiger charge is 2.23. The lowest BCUT2D eigenvalue weighted by molar-refractivity contribution is 0.0680. The Labute approximate surface area is 201 Å². The third kappa shape index (κ3) is 6.47. The van der Waals surface area contributed by atoms with E-state index in [0.717, 1.165) is 29.8 Å². The number of aryl methyl sites for hydroxylation is 2. The zero-order valence-corrected chi connectivity index (χ0v) is 20.6. The Balaban J connectivity index is 1.76. The summed E-state index contributed by atoms with van der Waals surface area (Å²) in [7, 11) is 4.81. The summed E-state index contributed by atoms with van der Waals surface area (Å²) in [6.45, 7) is 4.52. The van der Waals surface area contributed by atoms with Crippen molar-refractivity contribution in [1.29, 1.82) is 0 Å². The maximum atomic E-state index is 13.5. The molecule has 0 N–H and O–H groups in total. The molecular weight excluding hydrogens is 430 g/mol. The predicted octanol–water partition coefficient (Wildman–Crippen LogP) is 4.52. The van der Waals surface area contributed by atoms with E-state index < -0.39 is 0 Å². The maximum absolute atomic E-state index is 13.5. The first-order valence-electron chi connectivity index (χ1n) is 11.4. The van der Waals surface area contributed by atoms with Crippen molar-refractivity contribution in [2.45, 2.75) is 39.2 Å². The zero-order chi connectivity index (χ0) is 24.5. The molecule has 0 aliphatic heterocycles. The Kier molecular flexibility index (Phi) is 8.85. The number of ether oxygens (including phenoxy) is 3. The van der Waals surface area contributed by atoms with Crippen LogP contribution in [0.5, 0.6) is 17.4 Å². The molecule has 34 heavy (non-hydrogen) atoms. The van der Waals surface area contributed by atoms with Crippen LogP contribution in [0.25, 0.3) is 0 Å². The molecule has 180 valence electrons. The molecule has 2 heterocycles. The summed E-state index contributed by atoms with van der Waals surface area (Å²) >= 11 is 0. The standard InChI is InChI=1S/C27H33N3O4/c1-19-7-6-8-24(29-19)27(31)30(16-15-22-17-25(33-4)26(34-5)28-18-22)20(2)9-10-21-11-13-23(32-3)14-12-21/h6-8,11-14,17-18,20H,9-10,15-16H2,1-5H3. The summed E-state index contributed by atoms with van der Waals surface area (Å²) in [5.74, 6) is 1.78. The van der Waals surface area contributed by atoms with Gasteiger partial charge in [-0.1, -0.05) is 18.2 Å². The van der Waals surface area contributed by atoms with Crippen LogP contribution in [0.3, 0.4) is 0 Å². The van der Waals surface area contributed by atoms with E-state index in [-0.39, 0.29) is 11.9 Å². The normalized spacial score (nSPS) is 11.6. The van der Waals surface area contributed by atoms with E-state index in [0.29, 0.717) is 30.3 Å². The number of rotatable bonds is 11. The number of amides is 1. The van der Waals surface area contributed by atoms with Crippen LogP contribution >= 0.6 is 0 Å². The summed E-state index contributed by atoms with van der Waals surface area (Å²) in [5.41, 5.74) is 3.45. The second-order valence-corrected chi connectivity index (χ2v) is 8.20. The monoisotopic (exact) mass is 463 g/mol. The molecule has 2 aromatic heterocycles. The number of aromatic nitrogens is 2. The summed E-state index contributed by atoms with van der Waals surface area (Å²) in [5, 5.41) is 0. The van der Waals surface area contributed by atoms with Crippen LogP contribution in [0.1, 0.15) is 40.7 Å². The van der Waals surface area contributed by atoms with Gasteiger partial charge in [-0.05, 0) is 74.6 Å². The first-order valence-corrected chi connectivity index (χ1v) is 11.4. The molecule has 0 saturated carbocycles. The molecule has 0 saturated heterocycles. The van der Waals surface area contributed by atoms with Crippen molar-refractivity contribution in [3.8, 4) is 17.4 Å². The van der Waals surface area contributed by atoms with Crippen LogP contribution in [-0.2, 0) is 12.8 Å². The van der Waals surface area contributed by atoms with Crippen molar-refractivity contribution in [1.82, 2.24) is 14.9 Å². The van der Waals surface area contributed by atoms with Crippen LogP contribution in [0.15, 0.2) is 54.7 Å². The molecule has 1 aromatic carbocycles. The fourth-order valence-electron chi connectivity index (χ4n) is 3.81. The van der Waals surface area contributed by atoms with Gasteiger partial charge in [0.1, 0.15) is 11.4 Å². The predicted molar refractivity (Wildman–Crippen MR) is 132 cm³/mol. The van der Waals surface area contributed by atoms with Crippen molar-refractivity contribution in [3.63, 3.8) is 0 Å².